The lowest BCUT2D eigenvalue weighted by Gasteiger charge is -2.33. The smallest absolute Gasteiger partial charge is 0.170 e. The Morgan fingerprint density at radius 3 is 2.58 bits per heavy atom. The second-order valence-corrected chi connectivity index (χ2v) is 9.00. The number of pyridine rings is 1. The Morgan fingerprint density at radius 1 is 1.06 bits per heavy atom. The zero-order valence-corrected chi connectivity index (χ0v) is 18.7. The molecule has 2 aromatic heterocycles. The Labute approximate surface area is 188 Å². The van der Waals surface area contributed by atoms with E-state index in [1.54, 1.807) is 12.1 Å². The Bertz CT molecular complexity index is 1100. The molecule has 1 aromatic carbocycles. The van der Waals surface area contributed by atoms with Gasteiger partial charge in [-0.3, -0.25) is 4.98 Å². The molecule has 2 aliphatic rings. The molecule has 1 saturated heterocycles. The molecule has 4 nitrogen and oxygen atoms in total. The van der Waals surface area contributed by atoms with E-state index in [1.807, 2.05) is 24.4 Å². The van der Waals surface area contributed by atoms with E-state index in [0.717, 1.165) is 40.7 Å². The van der Waals surface area contributed by atoms with Gasteiger partial charge < -0.3 is 14.8 Å². The lowest BCUT2D eigenvalue weighted by Crippen LogP contribution is -2.37. The van der Waals surface area contributed by atoms with Crippen LogP contribution in [-0.2, 0) is 0 Å². The predicted octanol–water partition coefficient (Wildman–Crippen LogP) is 5.54. The summed E-state index contributed by atoms with van der Waals surface area (Å²) >= 11 is 5.86. The topological polar surface area (TPSA) is 33.1 Å². The van der Waals surface area contributed by atoms with Gasteiger partial charge in [-0.25, -0.2) is 4.39 Å². The number of halogens is 1. The van der Waals surface area contributed by atoms with Crippen LogP contribution in [0.5, 0.6) is 0 Å². The number of aromatic nitrogens is 2. The highest BCUT2D eigenvalue weighted by Gasteiger charge is 2.44. The quantitative estimate of drug-likeness (QED) is 0.546. The normalized spacial score (nSPS) is 21.6. The molecule has 2 fully saturated rings. The molecule has 0 amide bonds. The molecule has 1 saturated carbocycles. The summed E-state index contributed by atoms with van der Waals surface area (Å²) in [4.78, 5) is 7.07. The van der Waals surface area contributed by atoms with Gasteiger partial charge in [0.25, 0.3) is 0 Å². The van der Waals surface area contributed by atoms with Crippen molar-refractivity contribution in [3.05, 3.63) is 83.2 Å². The Morgan fingerprint density at radius 2 is 1.87 bits per heavy atom. The van der Waals surface area contributed by atoms with Crippen molar-refractivity contribution >= 4 is 17.3 Å². The molecule has 0 unspecified atom stereocenters. The van der Waals surface area contributed by atoms with Crippen molar-refractivity contribution < 1.29 is 4.39 Å². The summed E-state index contributed by atoms with van der Waals surface area (Å²) in [5.74, 6) is -0.228. The van der Waals surface area contributed by atoms with Gasteiger partial charge in [-0.15, -0.1) is 0 Å². The molecular weight excluding hydrogens is 407 g/mol. The van der Waals surface area contributed by atoms with Gasteiger partial charge in [0.15, 0.2) is 5.11 Å². The highest BCUT2D eigenvalue weighted by Crippen LogP contribution is 2.44. The van der Waals surface area contributed by atoms with Crippen LogP contribution in [0.4, 0.5) is 4.39 Å². The summed E-state index contributed by atoms with van der Waals surface area (Å²) in [6.45, 7) is 4.20. The molecule has 1 N–H and O–H groups in total. The third kappa shape index (κ3) is 3.53. The van der Waals surface area contributed by atoms with Crippen LogP contribution in [0.25, 0.3) is 5.69 Å². The van der Waals surface area contributed by atoms with Crippen molar-refractivity contribution in [2.75, 3.05) is 0 Å². The molecule has 1 aliphatic carbocycles. The number of nitrogens with zero attached hydrogens (tertiary/aromatic N) is 3. The van der Waals surface area contributed by atoms with Gasteiger partial charge in [0.1, 0.15) is 5.82 Å². The van der Waals surface area contributed by atoms with Crippen LogP contribution in [0.1, 0.15) is 60.4 Å². The van der Waals surface area contributed by atoms with Gasteiger partial charge in [-0.2, -0.15) is 0 Å². The minimum atomic E-state index is -0.228. The fourth-order valence-electron chi connectivity index (χ4n) is 5.37. The molecule has 3 heterocycles. The van der Waals surface area contributed by atoms with Crippen LogP contribution in [-0.4, -0.2) is 25.6 Å². The molecular formula is C25H27FN4S. The molecule has 5 rings (SSSR count). The summed E-state index contributed by atoms with van der Waals surface area (Å²) in [5.41, 5.74) is 5.25. The molecule has 0 bridgehead atoms. The van der Waals surface area contributed by atoms with E-state index >= 15 is 0 Å². The first-order valence-electron chi connectivity index (χ1n) is 11.0. The summed E-state index contributed by atoms with van der Waals surface area (Å²) < 4.78 is 16.1. The molecule has 6 heteroatoms. The molecule has 2 atom stereocenters. The van der Waals surface area contributed by atoms with Crippen molar-refractivity contribution in [2.45, 2.75) is 57.7 Å². The summed E-state index contributed by atoms with van der Waals surface area (Å²) in [6, 6.07) is 15.5. The SMILES string of the molecule is Cc1cc([C@H]2[C@@H](c3ccccn3)NC(=S)N2C2CCCC2)c(C)n1-c1cccc(F)c1. The maximum absolute atomic E-state index is 14.0. The zero-order valence-electron chi connectivity index (χ0n) is 17.9. The average molecular weight is 435 g/mol. The van der Waals surface area contributed by atoms with E-state index in [-0.39, 0.29) is 17.9 Å². The second kappa shape index (κ2) is 8.08. The zero-order chi connectivity index (χ0) is 21.5. The number of thiocarbonyl (C=S) groups is 1. The molecule has 0 radical (unpaired) electrons. The summed E-state index contributed by atoms with van der Waals surface area (Å²) in [5, 5.41) is 4.38. The van der Waals surface area contributed by atoms with Crippen molar-refractivity contribution in [3.8, 4) is 5.69 Å². The van der Waals surface area contributed by atoms with E-state index in [2.05, 4.69) is 45.7 Å². The van der Waals surface area contributed by atoms with Crippen molar-refractivity contribution in [2.24, 2.45) is 0 Å². The Kier molecular flexibility index (Phi) is 5.26. The van der Waals surface area contributed by atoms with Crippen LogP contribution >= 0.6 is 12.2 Å². The molecule has 1 aliphatic heterocycles. The minimum absolute atomic E-state index is 0.0178. The Balaban J connectivity index is 1.64. The van der Waals surface area contributed by atoms with E-state index in [0.29, 0.717) is 6.04 Å². The van der Waals surface area contributed by atoms with E-state index < -0.39 is 0 Å². The number of rotatable bonds is 4. The number of benzene rings is 1. The average Bonchev–Trinajstić information content (AvgIpc) is 3.46. The minimum Gasteiger partial charge on any atom is -0.352 e. The molecule has 0 spiro atoms. The van der Waals surface area contributed by atoms with Crippen LogP contribution < -0.4 is 5.32 Å². The van der Waals surface area contributed by atoms with Gasteiger partial charge in [0.2, 0.25) is 0 Å². The second-order valence-electron chi connectivity index (χ2n) is 8.61. The monoisotopic (exact) mass is 434 g/mol. The molecule has 31 heavy (non-hydrogen) atoms. The van der Waals surface area contributed by atoms with Crippen LogP contribution in [0.3, 0.4) is 0 Å². The van der Waals surface area contributed by atoms with Crippen LogP contribution in [0, 0.1) is 19.7 Å². The first kappa shape index (κ1) is 20.2. The van der Waals surface area contributed by atoms with Crippen molar-refractivity contribution in [1.82, 2.24) is 19.8 Å². The number of nitrogens with one attached hydrogen (secondary N) is 1. The van der Waals surface area contributed by atoms with Gasteiger partial charge in [0.05, 0.1) is 17.8 Å². The van der Waals surface area contributed by atoms with Crippen molar-refractivity contribution in [3.63, 3.8) is 0 Å². The first-order chi connectivity index (χ1) is 15.0. The highest BCUT2D eigenvalue weighted by atomic mass is 32.1. The van der Waals surface area contributed by atoms with Gasteiger partial charge in [0, 0.05) is 29.3 Å². The number of hydrogen-bond acceptors (Lipinski definition) is 2. The van der Waals surface area contributed by atoms with Crippen LogP contribution in [0.15, 0.2) is 54.7 Å². The van der Waals surface area contributed by atoms with Crippen LogP contribution in [0.2, 0.25) is 0 Å². The summed E-state index contributed by atoms with van der Waals surface area (Å²) in [7, 11) is 0. The highest BCUT2D eigenvalue weighted by molar-refractivity contribution is 7.80. The predicted molar refractivity (Wildman–Crippen MR) is 125 cm³/mol. The fourth-order valence-corrected chi connectivity index (χ4v) is 5.76. The van der Waals surface area contributed by atoms with E-state index in [4.69, 9.17) is 12.2 Å². The first-order valence-corrected chi connectivity index (χ1v) is 11.4. The molecule has 160 valence electrons. The van der Waals surface area contributed by atoms with E-state index in [1.165, 1.54) is 24.5 Å². The van der Waals surface area contributed by atoms with Gasteiger partial charge in [-0.05, 0) is 80.9 Å². The fraction of sp³-hybridized carbons (Fsp3) is 0.360. The lowest BCUT2D eigenvalue weighted by molar-refractivity contribution is 0.245. The lowest BCUT2D eigenvalue weighted by atomic mass is 9.95. The maximum atomic E-state index is 14.0. The standard InChI is InChI=1S/C25H27FN4S/c1-16-14-21(17(2)29(16)20-11-7-8-18(26)15-20)24-23(22-12-5-6-13-27-22)28-25(31)30(24)19-9-3-4-10-19/h5-8,11-15,19,23-24H,3-4,9-10H2,1-2H3,(H,28,31)/t23-,24+/m1/s1. The molecule has 3 aromatic rings. The van der Waals surface area contributed by atoms with Crippen molar-refractivity contribution in [1.29, 1.82) is 0 Å². The maximum Gasteiger partial charge on any atom is 0.170 e. The van der Waals surface area contributed by atoms with Gasteiger partial charge >= 0.3 is 0 Å². The summed E-state index contributed by atoms with van der Waals surface area (Å²) in [6.07, 6.45) is 6.65. The number of aryl methyl sites for hydroxylation is 1. The largest absolute Gasteiger partial charge is 0.352 e. The van der Waals surface area contributed by atoms with Gasteiger partial charge in [-0.1, -0.05) is 25.0 Å². The third-order valence-electron chi connectivity index (χ3n) is 6.71. The third-order valence-corrected chi connectivity index (χ3v) is 7.04. The van der Waals surface area contributed by atoms with E-state index in [9.17, 15) is 4.39 Å². The Hall–Kier alpha value is -2.73. The number of hydrogen-bond donors (Lipinski definition) is 1.